The summed E-state index contributed by atoms with van der Waals surface area (Å²) < 4.78 is 0.853. The van der Waals surface area contributed by atoms with Gasteiger partial charge in [0.1, 0.15) is 11.6 Å². The highest BCUT2D eigenvalue weighted by atomic mass is 79.9. The molecule has 0 radical (unpaired) electrons. The molecule has 0 amide bonds. The number of phenols is 1. The number of nitrogens with zero attached hydrogens (tertiary/aromatic N) is 1. The van der Waals surface area contributed by atoms with Crippen molar-refractivity contribution >= 4 is 32.5 Å². The van der Waals surface area contributed by atoms with Gasteiger partial charge in [-0.1, -0.05) is 28.6 Å². The number of hydrogen-bond acceptors (Lipinski definition) is 3. The summed E-state index contributed by atoms with van der Waals surface area (Å²) in [6, 6.07) is 7.13. The first kappa shape index (κ1) is 11.0. The summed E-state index contributed by atoms with van der Waals surface area (Å²) in [4.78, 5) is 4.24. The maximum Gasteiger partial charge on any atom is 0.134 e. The zero-order valence-electron chi connectivity index (χ0n) is 8.57. The third kappa shape index (κ3) is 2.33. The molecule has 2 rings (SSSR count). The lowest BCUT2D eigenvalue weighted by molar-refractivity contribution is 0.476. The number of aromatic nitrogens is 1. The zero-order valence-corrected chi connectivity index (χ0v) is 10.2. The van der Waals surface area contributed by atoms with Crippen LogP contribution in [0.3, 0.4) is 0 Å². The number of hydrogen-bond donors (Lipinski definition) is 2. The van der Waals surface area contributed by atoms with Crippen molar-refractivity contribution in [3.63, 3.8) is 0 Å². The fraction of sp³-hybridized carbons (Fsp3) is 0.0833. The summed E-state index contributed by atoms with van der Waals surface area (Å²) in [5.41, 5.74) is 0. The van der Waals surface area contributed by atoms with Gasteiger partial charge in [-0.15, -0.1) is 0 Å². The van der Waals surface area contributed by atoms with Crippen LogP contribution in [-0.4, -0.2) is 16.6 Å². The van der Waals surface area contributed by atoms with Crippen LogP contribution in [0.25, 0.3) is 10.8 Å². The highest BCUT2D eigenvalue weighted by Crippen LogP contribution is 2.25. The normalized spacial score (nSPS) is 10.3. The average molecular weight is 279 g/mol. The molecule has 2 N–H and O–H groups in total. The largest absolute Gasteiger partial charge is 0.508 e. The van der Waals surface area contributed by atoms with Crippen molar-refractivity contribution < 1.29 is 5.11 Å². The molecule has 0 aliphatic heterocycles. The minimum absolute atomic E-state index is 0.237. The quantitative estimate of drug-likeness (QED) is 0.906. The van der Waals surface area contributed by atoms with Crippen LogP contribution in [0.2, 0.25) is 0 Å². The molecular weight excluding hydrogens is 268 g/mol. The van der Waals surface area contributed by atoms with Gasteiger partial charge < -0.3 is 10.4 Å². The first-order chi connectivity index (χ1) is 7.66. The molecular formula is C12H11BrN2O. The van der Waals surface area contributed by atoms with Gasteiger partial charge in [-0.05, 0) is 23.6 Å². The van der Waals surface area contributed by atoms with E-state index in [1.807, 2.05) is 12.1 Å². The molecule has 0 atom stereocenters. The summed E-state index contributed by atoms with van der Waals surface area (Å²) in [6.45, 7) is 4.34. The van der Waals surface area contributed by atoms with Crippen LogP contribution in [-0.2, 0) is 0 Å². The molecule has 16 heavy (non-hydrogen) atoms. The number of pyridine rings is 1. The summed E-state index contributed by atoms with van der Waals surface area (Å²) in [5, 5.41) is 14.5. The second-order valence-corrected chi connectivity index (χ2v) is 4.56. The lowest BCUT2D eigenvalue weighted by Crippen LogP contribution is -2.02. The van der Waals surface area contributed by atoms with Crippen LogP contribution >= 0.6 is 15.9 Å². The van der Waals surface area contributed by atoms with Gasteiger partial charge in [0.2, 0.25) is 0 Å². The lowest BCUT2D eigenvalue weighted by atomic mass is 10.1. The molecule has 0 fully saturated rings. The number of rotatable bonds is 3. The van der Waals surface area contributed by atoms with Gasteiger partial charge in [0.05, 0.1) is 0 Å². The molecule has 0 aliphatic carbocycles. The molecule has 0 unspecified atom stereocenters. The molecule has 4 heteroatoms. The fourth-order valence-electron chi connectivity index (χ4n) is 1.48. The molecule has 2 aromatic rings. The third-order valence-electron chi connectivity index (χ3n) is 2.20. The zero-order chi connectivity index (χ0) is 11.5. The highest BCUT2D eigenvalue weighted by molar-refractivity contribution is 9.11. The Kier molecular flexibility index (Phi) is 3.10. The van der Waals surface area contributed by atoms with E-state index in [9.17, 15) is 5.11 Å². The standard InChI is InChI=1S/C12H11BrN2O/c1-8(13)7-15-12-11-6-10(16)3-2-9(11)4-5-14-12/h2-6,16H,1,7H2,(H,14,15). The van der Waals surface area contributed by atoms with E-state index in [4.69, 9.17) is 0 Å². The molecule has 0 spiro atoms. The van der Waals surface area contributed by atoms with Gasteiger partial charge in [-0.25, -0.2) is 4.98 Å². The second kappa shape index (κ2) is 4.53. The minimum Gasteiger partial charge on any atom is -0.508 e. The van der Waals surface area contributed by atoms with E-state index in [1.54, 1.807) is 18.3 Å². The van der Waals surface area contributed by atoms with E-state index in [0.717, 1.165) is 21.1 Å². The molecule has 1 aromatic heterocycles. The van der Waals surface area contributed by atoms with Gasteiger partial charge in [0, 0.05) is 22.6 Å². The Morgan fingerprint density at radius 1 is 1.44 bits per heavy atom. The average Bonchev–Trinajstić information content (AvgIpc) is 2.26. The Bertz CT molecular complexity index is 540. The fourth-order valence-corrected chi connectivity index (χ4v) is 1.62. The first-order valence-electron chi connectivity index (χ1n) is 4.82. The maximum absolute atomic E-state index is 9.45. The van der Waals surface area contributed by atoms with Gasteiger partial charge in [-0.2, -0.15) is 0 Å². The van der Waals surface area contributed by atoms with Crippen molar-refractivity contribution in [2.24, 2.45) is 0 Å². The Balaban J connectivity index is 2.43. The van der Waals surface area contributed by atoms with Crippen molar-refractivity contribution in [2.45, 2.75) is 0 Å². The number of benzene rings is 1. The van der Waals surface area contributed by atoms with Crippen molar-refractivity contribution in [1.29, 1.82) is 0 Å². The Morgan fingerprint density at radius 3 is 3.00 bits per heavy atom. The van der Waals surface area contributed by atoms with Crippen LogP contribution < -0.4 is 5.32 Å². The van der Waals surface area contributed by atoms with Crippen LogP contribution in [0.1, 0.15) is 0 Å². The molecule has 0 bridgehead atoms. The summed E-state index contributed by atoms with van der Waals surface area (Å²) in [5.74, 6) is 0.982. The van der Waals surface area contributed by atoms with Crippen LogP contribution in [0.5, 0.6) is 5.75 Å². The minimum atomic E-state index is 0.237. The summed E-state index contributed by atoms with van der Waals surface area (Å²) in [6.07, 6.45) is 1.73. The monoisotopic (exact) mass is 278 g/mol. The SMILES string of the molecule is C=C(Br)CNc1nccc2ccc(O)cc12. The van der Waals surface area contributed by atoms with E-state index < -0.39 is 0 Å². The van der Waals surface area contributed by atoms with Gasteiger partial charge in [-0.3, -0.25) is 0 Å². The second-order valence-electron chi connectivity index (χ2n) is 3.44. The number of nitrogens with one attached hydrogen (secondary N) is 1. The van der Waals surface area contributed by atoms with E-state index in [1.165, 1.54) is 0 Å². The van der Waals surface area contributed by atoms with Crippen LogP contribution in [0.15, 0.2) is 41.5 Å². The predicted molar refractivity (Wildman–Crippen MR) is 70.0 cm³/mol. The molecule has 1 aromatic carbocycles. The molecule has 1 heterocycles. The molecule has 3 nitrogen and oxygen atoms in total. The Hall–Kier alpha value is -1.55. The molecule has 0 aliphatic rings. The van der Waals surface area contributed by atoms with E-state index in [0.29, 0.717) is 6.54 Å². The number of aromatic hydroxyl groups is 1. The van der Waals surface area contributed by atoms with Crippen LogP contribution in [0, 0.1) is 0 Å². The summed E-state index contributed by atoms with van der Waals surface area (Å²) in [7, 11) is 0. The van der Waals surface area contributed by atoms with Gasteiger partial charge in [0.25, 0.3) is 0 Å². The third-order valence-corrected chi connectivity index (χ3v) is 2.48. The number of anilines is 1. The number of fused-ring (bicyclic) bond motifs is 1. The molecule has 0 saturated carbocycles. The van der Waals surface area contributed by atoms with Crippen molar-refractivity contribution in [1.82, 2.24) is 4.98 Å². The Morgan fingerprint density at radius 2 is 2.25 bits per heavy atom. The predicted octanol–water partition coefficient (Wildman–Crippen LogP) is 3.26. The maximum atomic E-state index is 9.45. The summed E-state index contributed by atoms with van der Waals surface area (Å²) >= 11 is 3.28. The first-order valence-corrected chi connectivity index (χ1v) is 5.61. The smallest absolute Gasteiger partial charge is 0.134 e. The van der Waals surface area contributed by atoms with Crippen LogP contribution in [0.4, 0.5) is 5.82 Å². The van der Waals surface area contributed by atoms with E-state index in [2.05, 4.69) is 32.8 Å². The topological polar surface area (TPSA) is 45.2 Å². The highest BCUT2D eigenvalue weighted by Gasteiger charge is 2.02. The van der Waals surface area contributed by atoms with Crippen molar-refractivity contribution in [3.8, 4) is 5.75 Å². The number of halogens is 1. The van der Waals surface area contributed by atoms with Gasteiger partial charge >= 0.3 is 0 Å². The van der Waals surface area contributed by atoms with Crippen molar-refractivity contribution in [3.05, 3.63) is 41.5 Å². The van der Waals surface area contributed by atoms with Gasteiger partial charge in [0.15, 0.2) is 0 Å². The lowest BCUT2D eigenvalue weighted by Gasteiger charge is -2.08. The van der Waals surface area contributed by atoms with Crippen molar-refractivity contribution in [2.75, 3.05) is 11.9 Å². The molecule has 82 valence electrons. The number of phenolic OH excluding ortho intramolecular Hbond substituents is 1. The van der Waals surface area contributed by atoms with E-state index in [-0.39, 0.29) is 5.75 Å². The Labute approximate surface area is 102 Å². The molecule has 0 saturated heterocycles. The van der Waals surface area contributed by atoms with E-state index >= 15 is 0 Å².